The van der Waals surface area contributed by atoms with Crippen LogP contribution in [-0.2, 0) is 6.54 Å². The number of aromatic nitrogens is 2. The molecule has 0 atom stereocenters. The van der Waals surface area contributed by atoms with Gasteiger partial charge in [0.15, 0.2) is 11.4 Å². The number of nitrogens with zero attached hydrogens (tertiary/aromatic N) is 2. The standard InChI is InChI=1S/C15H17BrN2O4/c1-3-8(4-2)7-18-11-6-17-12(15(21)22)13(19)9(11)5-10(16)14(18)20/h5-6,8,19H,3-4,7H2,1-2H3,(H,21,22). The lowest BCUT2D eigenvalue weighted by Gasteiger charge is -2.17. The van der Waals surface area contributed by atoms with Gasteiger partial charge in [-0.2, -0.15) is 0 Å². The molecule has 6 nitrogen and oxygen atoms in total. The van der Waals surface area contributed by atoms with Gasteiger partial charge in [0.25, 0.3) is 5.56 Å². The lowest BCUT2D eigenvalue weighted by molar-refractivity contribution is 0.0687. The maximum absolute atomic E-state index is 12.4. The van der Waals surface area contributed by atoms with E-state index in [9.17, 15) is 14.7 Å². The Kier molecular flexibility index (Phi) is 4.85. The second-order valence-electron chi connectivity index (χ2n) is 5.15. The summed E-state index contributed by atoms with van der Waals surface area (Å²) in [5, 5.41) is 19.5. The van der Waals surface area contributed by atoms with Crippen LogP contribution >= 0.6 is 15.9 Å². The molecule has 0 radical (unpaired) electrons. The number of fused-ring (bicyclic) bond motifs is 1. The molecule has 0 aromatic carbocycles. The Balaban J connectivity index is 2.75. The normalized spacial score (nSPS) is 11.3. The fraction of sp³-hybridized carbons (Fsp3) is 0.400. The van der Waals surface area contributed by atoms with Crippen molar-refractivity contribution in [3.63, 3.8) is 0 Å². The summed E-state index contributed by atoms with van der Waals surface area (Å²) < 4.78 is 1.82. The zero-order valence-electron chi connectivity index (χ0n) is 12.3. The van der Waals surface area contributed by atoms with Gasteiger partial charge >= 0.3 is 5.97 Å². The summed E-state index contributed by atoms with van der Waals surface area (Å²) in [6.45, 7) is 4.60. The number of carboxylic acids is 1. The number of hydrogen-bond acceptors (Lipinski definition) is 4. The smallest absolute Gasteiger partial charge is 0.358 e. The van der Waals surface area contributed by atoms with E-state index >= 15 is 0 Å². The first-order chi connectivity index (χ1) is 10.4. The van der Waals surface area contributed by atoms with E-state index in [2.05, 4.69) is 34.8 Å². The fourth-order valence-corrected chi connectivity index (χ4v) is 2.88. The first-order valence-corrected chi connectivity index (χ1v) is 7.84. The number of aromatic carboxylic acids is 1. The van der Waals surface area contributed by atoms with Crippen molar-refractivity contribution >= 4 is 32.8 Å². The molecule has 22 heavy (non-hydrogen) atoms. The SMILES string of the molecule is CCC(CC)Cn1c(=O)c(Br)cc2c(O)c(C(=O)O)ncc21. The maximum atomic E-state index is 12.4. The zero-order chi connectivity index (χ0) is 16.4. The van der Waals surface area contributed by atoms with Crippen LogP contribution in [0.15, 0.2) is 21.5 Å². The van der Waals surface area contributed by atoms with Crippen molar-refractivity contribution in [2.24, 2.45) is 5.92 Å². The predicted molar refractivity (Wildman–Crippen MR) is 86.4 cm³/mol. The van der Waals surface area contributed by atoms with Crippen molar-refractivity contribution in [3.05, 3.63) is 32.8 Å². The van der Waals surface area contributed by atoms with Crippen molar-refractivity contribution in [1.82, 2.24) is 9.55 Å². The lowest BCUT2D eigenvalue weighted by Crippen LogP contribution is -2.25. The third-order valence-electron chi connectivity index (χ3n) is 3.88. The molecule has 0 amide bonds. The van der Waals surface area contributed by atoms with Crippen LogP contribution in [0.25, 0.3) is 10.9 Å². The Labute approximate surface area is 135 Å². The molecule has 0 aliphatic rings. The molecule has 2 N–H and O–H groups in total. The minimum Gasteiger partial charge on any atom is -0.505 e. The molecule has 7 heteroatoms. The molecular weight excluding hydrogens is 352 g/mol. The average Bonchev–Trinajstić information content (AvgIpc) is 2.49. The highest BCUT2D eigenvalue weighted by Gasteiger charge is 2.19. The minimum atomic E-state index is -1.31. The Morgan fingerprint density at radius 2 is 2.05 bits per heavy atom. The molecule has 0 spiro atoms. The van der Waals surface area contributed by atoms with Crippen LogP contribution in [0, 0.1) is 5.92 Å². The van der Waals surface area contributed by atoms with Gasteiger partial charge in [0.05, 0.1) is 16.2 Å². The van der Waals surface area contributed by atoms with Crippen LogP contribution in [0.4, 0.5) is 0 Å². The summed E-state index contributed by atoms with van der Waals surface area (Å²) in [6, 6.07) is 1.44. The van der Waals surface area contributed by atoms with Crippen LogP contribution < -0.4 is 5.56 Å². The van der Waals surface area contributed by atoms with E-state index in [0.29, 0.717) is 23.4 Å². The van der Waals surface area contributed by atoms with Gasteiger partial charge in [-0.05, 0) is 27.9 Å². The highest BCUT2D eigenvalue weighted by molar-refractivity contribution is 9.10. The van der Waals surface area contributed by atoms with Gasteiger partial charge in [0.2, 0.25) is 0 Å². The number of carboxylic acid groups (broad SMARTS) is 1. The Morgan fingerprint density at radius 3 is 2.59 bits per heavy atom. The number of aromatic hydroxyl groups is 1. The molecule has 0 saturated carbocycles. The second kappa shape index (κ2) is 6.48. The molecule has 0 bridgehead atoms. The van der Waals surface area contributed by atoms with E-state index < -0.39 is 17.4 Å². The van der Waals surface area contributed by atoms with E-state index in [1.165, 1.54) is 16.8 Å². The van der Waals surface area contributed by atoms with Gasteiger partial charge in [-0.15, -0.1) is 0 Å². The van der Waals surface area contributed by atoms with Gasteiger partial charge in [-0.1, -0.05) is 26.7 Å². The van der Waals surface area contributed by atoms with Crippen LogP contribution in [0.3, 0.4) is 0 Å². The van der Waals surface area contributed by atoms with Crippen molar-refractivity contribution in [1.29, 1.82) is 0 Å². The molecule has 118 valence electrons. The third-order valence-corrected chi connectivity index (χ3v) is 4.45. The fourth-order valence-electron chi connectivity index (χ4n) is 2.43. The van der Waals surface area contributed by atoms with Crippen molar-refractivity contribution in [2.45, 2.75) is 33.2 Å². The molecule has 0 fully saturated rings. The average molecular weight is 369 g/mol. The van der Waals surface area contributed by atoms with Crippen LogP contribution in [-0.4, -0.2) is 25.7 Å². The number of carbonyl (C=O) groups is 1. The molecule has 0 saturated heterocycles. The van der Waals surface area contributed by atoms with Crippen molar-refractivity contribution in [2.75, 3.05) is 0 Å². The Bertz CT molecular complexity index is 781. The lowest BCUT2D eigenvalue weighted by atomic mass is 10.0. The number of pyridine rings is 2. The van der Waals surface area contributed by atoms with Crippen LogP contribution in [0.1, 0.15) is 37.2 Å². The van der Waals surface area contributed by atoms with Crippen LogP contribution in [0.5, 0.6) is 5.75 Å². The summed E-state index contributed by atoms with van der Waals surface area (Å²) in [5.74, 6) is -1.42. The van der Waals surface area contributed by atoms with E-state index in [-0.39, 0.29) is 10.0 Å². The molecule has 0 aliphatic heterocycles. The topological polar surface area (TPSA) is 92.4 Å². The quantitative estimate of drug-likeness (QED) is 0.845. The summed E-state index contributed by atoms with van der Waals surface area (Å²) in [7, 11) is 0. The molecule has 0 unspecified atom stereocenters. The van der Waals surface area contributed by atoms with Gasteiger partial charge in [0.1, 0.15) is 0 Å². The monoisotopic (exact) mass is 368 g/mol. The molecule has 2 aromatic heterocycles. The zero-order valence-corrected chi connectivity index (χ0v) is 13.9. The number of halogens is 1. The van der Waals surface area contributed by atoms with Gasteiger partial charge < -0.3 is 14.8 Å². The van der Waals surface area contributed by atoms with Crippen molar-refractivity contribution < 1.29 is 15.0 Å². The number of rotatable bonds is 5. The Morgan fingerprint density at radius 1 is 1.41 bits per heavy atom. The van der Waals surface area contributed by atoms with E-state index in [1.54, 1.807) is 0 Å². The Hall–Kier alpha value is -1.89. The minimum absolute atomic E-state index is 0.219. The molecule has 2 heterocycles. The summed E-state index contributed by atoms with van der Waals surface area (Å²) in [6.07, 6.45) is 3.17. The maximum Gasteiger partial charge on any atom is 0.358 e. The number of hydrogen-bond donors (Lipinski definition) is 2. The second-order valence-corrected chi connectivity index (χ2v) is 6.00. The third kappa shape index (κ3) is 2.85. The van der Waals surface area contributed by atoms with Gasteiger partial charge in [-0.3, -0.25) is 4.79 Å². The molecule has 2 aromatic rings. The summed E-state index contributed by atoms with van der Waals surface area (Å²) >= 11 is 3.18. The van der Waals surface area contributed by atoms with Gasteiger partial charge in [-0.25, -0.2) is 9.78 Å². The highest BCUT2D eigenvalue weighted by atomic mass is 79.9. The van der Waals surface area contributed by atoms with E-state index in [4.69, 9.17) is 5.11 Å². The van der Waals surface area contributed by atoms with Crippen molar-refractivity contribution in [3.8, 4) is 5.75 Å². The molecule has 2 rings (SSSR count). The van der Waals surface area contributed by atoms with E-state index in [1.807, 2.05) is 0 Å². The molecule has 0 aliphatic carbocycles. The molecular formula is C15H17BrN2O4. The predicted octanol–water partition coefficient (Wildman–Crippen LogP) is 3.00. The first-order valence-electron chi connectivity index (χ1n) is 7.04. The summed E-state index contributed by atoms with van der Waals surface area (Å²) in [5.41, 5.74) is -0.210. The highest BCUT2D eigenvalue weighted by Crippen LogP contribution is 2.28. The summed E-state index contributed by atoms with van der Waals surface area (Å²) in [4.78, 5) is 27.2. The van der Waals surface area contributed by atoms with Crippen LogP contribution in [0.2, 0.25) is 0 Å². The van der Waals surface area contributed by atoms with Gasteiger partial charge in [0, 0.05) is 11.9 Å². The first kappa shape index (κ1) is 16.5. The largest absolute Gasteiger partial charge is 0.505 e. The van der Waals surface area contributed by atoms with E-state index in [0.717, 1.165) is 12.8 Å².